The number of amides is 1. The van der Waals surface area contributed by atoms with Crippen molar-refractivity contribution in [2.75, 3.05) is 26.4 Å². The van der Waals surface area contributed by atoms with E-state index in [4.69, 9.17) is 9.84 Å². The molecule has 0 saturated heterocycles. The number of rotatable bonds is 6. The monoisotopic (exact) mass is 259 g/mol. The van der Waals surface area contributed by atoms with E-state index in [2.05, 4.69) is 5.32 Å². The summed E-state index contributed by atoms with van der Waals surface area (Å²) in [7, 11) is 0. The fraction of sp³-hybridized carbons (Fsp3) is 0.267. The Morgan fingerprint density at radius 3 is 2.68 bits per heavy atom. The van der Waals surface area contributed by atoms with E-state index < -0.39 is 0 Å². The number of aliphatic hydroxyl groups is 1. The molecule has 0 saturated carbocycles. The molecule has 0 heterocycles. The zero-order valence-electron chi connectivity index (χ0n) is 10.6. The Hall–Kier alpha value is -1.91. The maximum absolute atomic E-state index is 11.9. The van der Waals surface area contributed by atoms with Crippen LogP contribution in [-0.4, -0.2) is 37.4 Å². The molecule has 2 N–H and O–H groups in total. The van der Waals surface area contributed by atoms with E-state index in [1.54, 1.807) is 0 Å². The molecule has 19 heavy (non-hydrogen) atoms. The van der Waals surface area contributed by atoms with Crippen molar-refractivity contribution in [3.63, 3.8) is 0 Å². The van der Waals surface area contributed by atoms with E-state index in [9.17, 15) is 4.79 Å². The van der Waals surface area contributed by atoms with Crippen LogP contribution in [0.2, 0.25) is 0 Å². The molecule has 0 aliphatic heterocycles. The van der Waals surface area contributed by atoms with E-state index in [-0.39, 0.29) is 12.5 Å². The molecule has 0 unspecified atom stereocenters. The van der Waals surface area contributed by atoms with Gasteiger partial charge < -0.3 is 15.2 Å². The highest BCUT2D eigenvalue weighted by Gasteiger charge is 2.05. The van der Waals surface area contributed by atoms with E-state index in [0.717, 1.165) is 10.8 Å². The van der Waals surface area contributed by atoms with E-state index in [1.807, 2.05) is 42.5 Å². The van der Waals surface area contributed by atoms with Crippen molar-refractivity contribution in [3.8, 4) is 0 Å². The summed E-state index contributed by atoms with van der Waals surface area (Å²) in [6.45, 7) is 1.13. The minimum absolute atomic E-state index is 0.00137. The van der Waals surface area contributed by atoms with Crippen molar-refractivity contribution < 1.29 is 14.6 Å². The van der Waals surface area contributed by atoms with Crippen LogP contribution in [0.5, 0.6) is 0 Å². The Balaban J connectivity index is 1.93. The molecule has 0 aromatic heterocycles. The van der Waals surface area contributed by atoms with Gasteiger partial charge in [0.05, 0.1) is 19.8 Å². The zero-order valence-corrected chi connectivity index (χ0v) is 10.6. The van der Waals surface area contributed by atoms with Crippen LogP contribution in [0.15, 0.2) is 42.5 Å². The predicted molar refractivity (Wildman–Crippen MR) is 74.2 cm³/mol. The second kappa shape index (κ2) is 6.87. The molecule has 0 aliphatic rings. The van der Waals surface area contributed by atoms with Crippen molar-refractivity contribution in [3.05, 3.63) is 48.0 Å². The molecular formula is C15H17NO3. The lowest BCUT2D eigenvalue weighted by Crippen LogP contribution is -2.27. The van der Waals surface area contributed by atoms with Crippen molar-refractivity contribution in [2.24, 2.45) is 0 Å². The van der Waals surface area contributed by atoms with Gasteiger partial charge >= 0.3 is 0 Å². The molecule has 4 nitrogen and oxygen atoms in total. The van der Waals surface area contributed by atoms with Gasteiger partial charge in [0.2, 0.25) is 0 Å². The summed E-state index contributed by atoms with van der Waals surface area (Å²) in [5, 5.41) is 13.5. The number of carbonyl (C=O) groups excluding carboxylic acids is 1. The maximum Gasteiger partial charge on any atom is 0.251 e. The van der Waals surface area contributed by atoms with E-state index in [1.165, 1.54) is 0 Å². The van der Waals surface area contributed by atoms with Gasteiger partial charge in [-0.2, -0.15) is 0 Å². The standard InChI is InChI=1S/C15H17NO3/c17-8-10-19-9-7-16-15(18)14-6-5-12-3-1-2-4-13(12)11-14/h1-6,11,17H,7-10H2,(H,16,18). The Morgan fingerprint density at radius 1 is 1.11 bits per heavy atom. The van der Waals surface area contributed by atoms with Gasteiger partial charge in [0.25, 0.3) is 5.91 Å². The van der Waals surface area contributed by atoms with Crippen LogP contribution < -0.4 is 5.32 Å². The molecule has 4 heteroatoms. The van der Waals surface area contributed by atoms with E-state index >= 15 is 0 Å². The number of carbonyl (C=O) groups is 1. The minimum atomic E-state index is -0.113. The molecule has 2 rings (SSSR count). The SMILES string of the molecule is O=C(NCCOCCO)c1ccc2ccccc2c1. The lowest BCUT2D eigenvalue weighted by molar-refractivity contribution is 0.0838. The predicted octanol–water partition coefficient (Wildman–Crippen LogP) is 1.58. The summed E-state index contributed by atoms with van der Waals surface area (Å²) in [4.78, 5) is 11.9. The highest BCUT2D eigenvalue weighted by atomic mass is 16.5. The van der Waals surface area contributed by atoms with Gasteiger partial charge in [-0.1, -0.05) is 30.3 Å². The lowest BCUT2D eigenvalue weighted by Gasteiger charge is -2.06. The van der Waals surface area contributed by atoms with Crippen LogP contribution >= 0.6 is 0 Å². The van der Waals surface area contributed by atoms with Gasteiger partial charge in [0.15, 0.2) is 0 Å². The van der Waals surface area contributed by atoms with Crippen LogP contribution in [0.1, 0.15) is 10.4 Å². The smallest absolute Gasteiger partial charge is 0.251 e. The van der Waals surface area contributed by atoms with E-state index in [0.29, 0.717) is 25.3 Å². The highest BCUT2D eigenvalue weighted by Crippen LogP contribution is 2.15. The third-order valence-corrected chi connectivity index (χ3v) is 2.78. The molecule has 100 valence electrons. The van der Waals surface area contributed by atoms with Gasteiger partial charge in [0.1, 0.15) is 0 Å². The lowest BCUT2D eigenvalue weighted by atomic mass is 10.1. The van der Waals surface area contributed by atoms with Crippen LogP contribution in [0.3, 0.4) is 0 Å². The fourth-order valence-electron chi connectivity index (χ4n) is 1.84. The summed E-state index contributed by atoms with van der Waals surface area (Å²) in [6.07, 6.45) is 0. The van der Waals surface area contributed by atoms with Crippen molar-refractivity contribution in [2.45, 2.75) is 0 Å². The molecule has 0 radical (unpaired) electrons. The molecule has 0 spiro atoms. The summed E-state index contributed by atoms with van der Waals surface area (Å²) >= 11 is 0. The van der Waals surface area contributed by atoms with Crippen LogP contribution in [0, 0.1) is 0 Å². The van der Waals surface area contributed by atoms with Crippen LogP contribution in [0.25, 0.3) is 10.8 Å². The molecule has 0 aliphatic carbocycles. The first kappa shape index (κ1) is 13.5. The second-order valence-corrected chi connectivity index (χ2v) is 4.15. The number of fused-ring (bicyclic) bond motifs is 1. The molecule has 2 aromatic carbocycles. The Morgan fingerprint density at radius 2 is 1.89 bits per heavy atom. The van der Waals surface area contributed by atoms with Gasteiger partial charge in [-0.3, -0.25) is 4.79 Å². The minimum Gasteiger partial charge on any atom is -0.394 e. The first-order valence-electron chi connectivity index (χ1n) is 6.27. The molecule has 0 bridgehead atoms. The third-order valence-electron chi connectivity index (χ3n) is 2.78. The van der Waals surface area contributed by atoms with Crippen molar-refractivity contribution >= 4 is 16.7 Å². The highest BCUT2D eigenvalue weighted by molar-refractivity contribution is 5.98. The number of nitrogens with one attached hydrogen (secondary N) is 1. The molecule has 0 atom stereocenters. The summed E-state index contributed by atoms with van der Waals surface area (Å²) in [5.41, 5.74) is 0.640. The molecule has 1 amide bonds. The molecule has 0 fully saturated rings. The van der Waals surface area contributed by atoms with Gasteiger partial charge in [0, 0.05) is 12.1 Å². The summed E-state index contributed by atoms with van der Waals surface area (Å²) in [5.74, 6) is -0.113. The van der Waals surface area contributed by atoms with Crippen LogP contribution in [0.4, 0.5) is 0 Å². The Bertz CT molecular complexity index is 554. The average molecular weight is 259 g/mol. The molecular weight excluding hydrogens is 242 g/mol. The summed E-state index contributed by atoms with van der Waals surface area (Å²) < 4.78 is 5.07. The number of benzene rings is 2. The molecule has 2 aromatic rings. The number of aliphatic hydroxyl groups excluding tert-OH is 1. The maximum atomic E-state index is 11.9. The number of ether oxygens (including phenoxy) is 1. The van der Waals surface area contributed by atoms with Gasteiger partial charge in [-0.25, -0.2) is 0 Å². The topological polar surface area (TPSA) is 58.6 Å². The van der Waals surface area contributed by atoms with Crippen molar-refractivity contribution in [1.82, 2.24) is 5.32 Å². The first-order chi connectivity index (χ1) is 9.31. The summed E-state index contributed by atoms with van der Waals surface area (Å²) in [6, 6.07) is 13.5. The Kier molecular flexibility index (Phi) is 4.89. The average Bonchev–Trinajstić information content (AvgIpc) is 2.46. The first-order valence-corrected chi connectivity index (χ1v) is 6.27. The van der Waals surface area contributed by atoms with Crippen molar-refractivity contribution in [1.29, 1.82) is 0 Å². The third kappa shape index (κ3) is 3.77. The largest absolute Gasteiger partial charge is 0.394 e. The fourth-order valence-corrected chi connectivity index (χ4v) is 1.84. The Labute approximate surface area is 112 Å². The van der Waals surface area contributed by atoms with Gasteiger partial charge in [-0.15, -0.1) is 0 Å². The number of hydrogen-bond acceptors (Lipinski definition) is 3. The number of hydrogen-bond donors (Lipinski definition) is 2. The van der Waals surface area contributed by atoms with Gasteiger partial charge in [-0.05, 0) is 22.9 Å². The van der Waals surface area contributed by atoms with Crippen LogP contribution in [-0.2, 0) is 4.74 Å². The quantitative estimate of drug-likeness (QED) is 0.774. The second-order valence-electron chi connectivity index (χ2n) is 4.15. The zero-order chi connectivity index (χ0) is 13.5. The normalized spacial score (nSPS) is 10.6.